The number of hydrogen-bond donors (Lipinski definition) is 1. The molecule has 2 aromatic rings. The van der Waals surface area contributed by atoms with E-state index in [1.165, 1.54) is 6.07 Å². The SMILES string of the molecule is CC(C)(C)c1c(N)nnn1-c1ccc([N+](=O)[O-])c(Br)c1. The van der Waals surface area contributed by atoms with Crippen LogP contribution < -0.4 is 5.73 Å². The first-order valence-electron chi connectivity index (χ1n) is 5.88. The van der Waals surface area contributed by atoms with E-state index in [0.717, 1.165) is 5.69 Å². The van der Waals surface area contributed by atoms with Gasteiger partial charge in [0.15, 0.2) is 5.82 Å². The molecule has 0 aliphatic rings. The number of hydrogen-bond acceptors (Lipinski definition) is 5. The van der Waals surface area contributed by atoms with Gasteiger partial charge in [-0.15, -0.1) is 5.10 Å². The van der Waals surface area contributed by atoms with Crippen molar-refractivity contribution in [2.75, 3.05) is 5.73 Å². The van der Waals surface area contributed by atoms with Crippen LogP contribution >= 0.6 is 15.9 Å². The number of rotatable bonds is 2. The third kappa shape index (κ3) is 2.51. The van der Waals surface area contributed by atoms with Crippen LogP contribution in [0.2, 0.25) is 0 Å². The van der Waals surface area contributed by atoms with Crippen molar-refractivity contribution in [1.29, 1.82) is 0 Å². The van der Waals surface area contributed by atoms with E-state index >= 15 is 0 Å². The average Bonchev–Trinajstić information content (AvgIpc) is 2.70. The molecule has 0 bridgehead atoms. The fourth-order valence-electron chi connectivity index (χ4n) is 1.95. The molecule has 20 heavy (non-hydrogen) atoms. The molecule has 0 saturated carbocycles. The Morgan fingerprint density at radius 2 is 2.05 bits per heavy atom. The summed E-state index contributed by atoms with van der Waals surface area (Å²) in [5.41, 5.74) is 7.04. The highest BCUT2D eigenvalue weighted by atomic mass is 79.9. The normalized spacial score (nSPS) is 11.6. The smallest absolute Gasteiger partial charge is 0.283 e. The van der Waals surface area contributed by atoms with Gasteiger partial charge in [0.2, 0.25) is 0 Å². The summed E-state index contributed by atoms with van der Waals surface area (Å²) in [4.78, 5) is 10.4. The van der Waals surface area contributed by atoms with Gasteiger partial charge in [-0.3, -0.25) is 10.1 Å². The van der Waals surface area contributed by atoms with E-state index in [0.29, 0.717) is 16.0 Å². The zero-order valence-electron chi connectivity index (χ0n) is 11.3. The van der Waals surface area contributed by atoms with Gasteiger partial charge in [0, 0.05) is 11.5 Å². The molecule has 0 spiro atoms. The minimum absolute atomic E-state index is 0.000791. The average molecular weight is 340 g/mol. The van der Waals surface area contributed by atoms with Gasteiger partial charge in [0.05, 0.1) is 20.8 Å². The molecule has 0 fully saturated rings. The second-order valence-corrected chi connectivity index (χ2v) is 6.23. The highest BCUT2D eigenvalue weighted by Crippen LogP contribution is 2.31. The lowest BCUT2D eigenvalue weighted by Gasteiger charge is -2.20. The summed E-state index contributed by atoms with van der Waals surface area (Å²) < 4.78 is 1.98. The van der Waals surface area contributed by atoms with Gasteiger partial charge in [0.1, 0.15) is 0 Å². The lowest BCUT2D eigenvalue weighted by molar-refractivity contribution is -0.385. The lowest BCUT2D eigenvalue weighted by Crippen LogP contribution is -2.19. The Labute approximate surface area is 124 Å². The van der Waals surface area contributed by atoms with Gasteiger partial charge in [0.25, 0.3) is 5.69 Å². The first-order valence-corrected chi connectivity index (χ1v) is 6.67. The molecule has 7 nitrogen and oxygen atoms in total. The molecule has 0 radical (unpaired) electrons. The number of nitrogen functional groups attached to an aromatic ring is 1. The zero-order valence-corrected chi connectivity index (χ0v) is 12.9. The van der Waals surface area contributed by atoms with E-state index in [2.05, 4.69) is 26.2 Å². The van der Waals surface area contributed by atoms with Crippen LogP contribution in [0.25, 0.3) is 5.69 Å². The summed E-state index contributed by atoms with van der Waals surface area (Å²) in [5.74, 6) is 0.354. The molecule has 106 valence electrons. The molecule has 0 aliphatic heterocycles. The zero-order chi connectivity index (χ0) is 15.1. The van der Waals surface area contributed by atoms with E-state index in [1.54, 1.807) is 16.8 Å². The summed E-state index contributed by atoms with van der Waals surface area (Å²) in [6.45, 7) is 6.00. The van der Waals surface area contributed by atoms with Gasteiger partial charge in [-0.1, -0.05) is 26.0 Å². The Morgan fingerprint density at radius 1 is 1.40 bits per heavy atom. The first kappa shape index (κ1) is 14.4. The largest absolute Gasteiger partial charge is 0.381 e. The quantitative estimate of drug-likeness (QED) is 0.669. The fourth-order valence-corrected chi connectivity index (χ4v) is 2.46. The van der Waals surface area contributed by atoms with Crippen LogP contribution in [0.4, 0.5) is 11.5 Å². The van der Waals surface area contributed by atoms with Gasteiger partial charge < -0.3 is 5.73 Å². The predicted molar refractivity (Wildman–Crippen MR) is 78.8 cm³/mol. The Bertz CT molecular complexity index is 675. The number of benzene rings is 1. The molecular weight excluding hydrogens is 326 g/mol. The fraction of sp³-hybridized carbons (Fsp3) is 0.333. The van der Waals surface area contributed by atoms with E-state index < -0.39 is 4.92 Å². The molecule has 1 heterocycles. The van der Waals surface area contributed by atoms with E-state index in [1.807, 2.05) is 20.8 Å². The van der Waals surface area contributed by atoms with Crippen molar-refractivity contribution < 1.29 is 4.92 Å². The molecule has 0 unspecified atom stereocenters. The third-order valence-electron chi connectivity index (χ3n) is 2.78. The van der Waals surface area contributed by atoms with Crippen LogP contribution in [-0.4, -0.2) is 19.9 Å². The van der Waals surface area contributed by atoms with Crippen molar-refractivity contribution in [3.63, 3.8) is 0 Å². The van der Waals surface area contributed by atoms with Crippen LogP contribution in [0.3, 0.4) is 0 Å². The Balaban J connectivity index is 2.59. The number of aromatic nitrogens is 3. The van der Waals surface area contributed by atoms with Gasteiger partial charge in [-0.2, -0.15) is 0 Å². The number of anilines is 1. The Morgan fingerprint density at radius 3 is 2.55 bits per heavy atom. The van der Waals surface area contributed by atoms with Crippen LogP contribution in [0.1, 0.15) is 26.5 Å². The summed E-state index contributed by atoms with van der Waals surface area (Å²) in [6.07, 6.45) is 0. The lowest BCUT2D eigenvalue weighted by atomic mass is 9.91. The van der Waals surface area contributed by atoms with Gasteiger partial charge in [-0.25, -0.2) is 4.68 Å². The van der Waals surface area contributed by atoms with E-state index in [4.69, 9.17) is 5.73 Å². The summed E-state index contributed by atoms with van der Waals surface area (Å²) >= 11 is 3.19. The number of nitrogens with zero attached hydrogens (tertiary/aromatic N) is 4. The number of nitro benzene ring substituents is 1. The van der Waals surface area contributed by atoms with Crippen molar-refractivity contribution in [2.45, 2.75) is 26.2 Å². The highest BCUT2D eigenvalue weighted by Gasteiger charge is 2.25. The van der Waals surface area contributed by atoms with Crippen molar-refractivity contribution in [3.8, 4) is 5.69 Å². The molecule has 2 rings (SSSR count). The number of nitro groups is 1. The molecule has 0 atom stereocenters. The highest BCUT2D eigenvalue weighted by molar-refractivity contribution is 9.10. The molecule has 1 aromatic carbocycles. The van der Waals surface area contributed by atoms with E-state index in [-0.39, 0.29) is 11.1 Å². The van der Waals surface area contributed by atoms with Crippen LogP contribution in [0.5, 0.6) is 0 Å². The number of nitrogens with two attached hydrogens (primary N) is 1. The van der Waals surface area contributed by atoms with E-state index in [9.17, 15) is 10.1 Å². The molecule has 1 aromatic heterocycles. The standard InChI is InChI=1S/C12H14BrN5O2/c1-12(2,3)10-11(14)15-16-17(10)7-4-5-9(18(19)20)8(13)6-7/h4-6H,14H2,1-3H3. The summed E-state index contributed by atoms with van der Waals surface area (Å²) in [7, 11) is 0. The van der Waals surface area contributed by atoms with Crippen LogP contribution in [0, 0.1) is 10.1 Å². The van der Waals surface area contributed by atoms with Crippen molar-refractivity contribution in [3.05, 3.63) is 38.5 Å². The Hall–Kier alpha value is -1.96. The van der Waals surface area contributed by atoms with Crippen molar-refractivity contribution in [2.24, 2.45) is 0 Å². The third-order valence-corrected chi connectivity index (χ3v) is 3.41. The number of halogens is 1. The second kappa shape index (κ2) is 4.86. The molecular formula is C12H14BrN5O2. The van der Waals surface area contributed by atoms with Gasteiger partial charge >= 0.3 is 0 Å². The van der Waals surface area contributed by atoms with Crippen LogP contribution in [-0.2, 0) is 5.41 Å². The maximum Gasteiger partial charge on any atom is 0.283 e. The minimum Gasteiger partial charge on any atom is -0.381 e. The molecule has 0 saturated heterocycles. The summed E-state index contributed by atoms with van der Waals surface area (Å²) in [5, 5.41) is 18.7. The Kier molecular flexibility index (Phi) is 3.51. The maximum atomic E-state index is 10.8. The maximum absolute atomic E-state index is 10.8. The van der Waals surface area contributed by atoms with Gasteiger partial charge in [-0.05, 0) is 28.1 Å². The first-order chi connectivity index (χ1) is 9.21. The molecule has 0 aliphatic carbocycles. The molecule has 2 N–H and O–H groups in total. The minimum atomic E-state index is -0.450. The van der Waals surface area contributed by atoms with Crippen molar-refractivity contribution >= 4 is 27.4 Å². The summed E-state index contributed by atoms with van der Waals surface area (Å²) in [6, 6.07) is 4.66. The monoisotopic (exact) mass is 339 g/mol. The molecule has 8 heteroatoms. The molecule has 0 amide bonds. The van der Waals surface area contributed by atoms with Crippen LogP contribution in [0.15, 0.2) is 22.7 Å². The topological polar surface area (TPSA) is 99.9 Å². The second-order valence-electron chi connectivity index (χ2n) is 5.38. The van der Waals surface area contributed by atoms with Crippen molar-refractivity contribution in [1.82, 2.24) is 15.0 Å². The predicted octanol–water partition coefficient (Wildman–Crippen LogP) is 2.82.